The number of furan rings is 1. The van der Waals surface area contributed by atoms with Crippen molar-refractivity contribution in [3.05, 3.63) is 47.1 Å². The number of aromatic nitrogens is 4. The van der Waals surface area contributed by atoms with Gasteiger partial charge in [-0.2, -0.15) is 18.3 Å². The van der Waals surface area contributed by atoms with Crippen LogP contribution in [0.4, 0.5) is 13.2 Å². The largest absolute Gasteiger partial charge is 0.455 e. The molecule has 176 valence electrons. The summed E-state index contributed by atoms with van der Waals surface area (Å²) in [4.78, 5) is 16.8. The Labute approximate surface area is 186 Å². The van der Waals surface area contributed by atoms with Crippen molar-refractivity contribution in [3.8, 4) is 11.3 Å². The third kappa shape index (κ3) is 4.27. The predicted octanol–water partition coefficient (Wildman–Crippen LogP) is 2.34. The summed E-state index contributed by atoms with van der Waals surface area (Å²) in [6.07, 6.45) is 0.614. The number of nitrogens with one attached hydrogen (secondary N) is 1. The molecule has 0 bridgehead atoms. The van der Waals surface area contributed by atoms with Crippen molar-refractivity contribution >= 4 is 5.91 Å². The van der Waals surface area contributed by atoms with E-state index in [1.807, 2.05) is 0 Å². The molecular weight excluding hydrogens is 443 g/mol. The van der Waals surface area contributed by atoms with Crippen molar-refractivity contribution in [2.24, 2.45) is 7.05 Å². The number of nitrogens with zero attached hydrogens (tertiary/aromatic N) is 4. The van der Waals surface area contributed by atoms with Gasteiger partial charge in [-0.15, -0.1) is 0 Å². The summed E-state index contributed by atoms with van der Waals surface area (Å²) in [5, 5.41) is 6.88. The number of amides is 1. The number of aryl methyl sites for hydroxylation is 3. The van der Waals surface area contributed by atoms with Gasteiger partial charge >= 0.3 is 6.18 Å². The smallest absolute Gasteiger partial charge is 0.420 e. The molecule has 1 fully saturated rings. The molecule has 4 heterocycles. The number of halogens is 3. The van der Waals surface area contributed by atoms with Crippen molar-refractivity contribution in [2.75, 3.05) is 19.8 Å². The van der Waals surface area contributed by atoms with Gasteiger partial charge in [-0.1, -0.05) is 0 Å². The third-order valence-corrected chi connectivity index (χ3v) is 5.63. The fourth-order valence-corrected chi connectivity index (χ4v) is 4.19. The van der Waals surface area contributed by atoms with Gasteiger partial charge in [0.05, 0.1) is 56.2 Å². The number of rotatable bonds is 5. The first-order valence-corrected chi connectivity index (χ1v) is 10.5. The van der Waals surface area contributed by atoms with Gasteiger partial charge in [0.2, 0.25) is 5.76 Å². The minimum atomic E-state index is -4.80. The van der Waals surface area contributed by atoms with E-state index in [0.29, 0.717) is 44.0 Å². The lowest BCUT2D eigenvalue weighted by Gasteiger charge is -2.22. The van der Waals surface area contributed by atoms with Gasteiger partial charge in [0.25, 0.3) is 5.91 Å². The van der Waals surface area contributed by atoms with Crippen LogP contribution in [0.5, 0.6) is 0 Å². The van der Waals surface area contributed by atoms with Gasteiger partial charge in [-0.05, 0) is 12.0 Å². The van der Waals surface area contributed by atoms with E-state index in [2.05, 4.69) is 15.4 Å². The average molecular weight is 465 g/mol. The highest BCUT2D eigenvalue weighted by Gasteiger charge is 2.45. The molecule has 3 aromatic rings. The molecule has 2 aliphatic rings. The van der Waals surface area contributed by atoms with E-state index < -0.39 is 23.4 Å². The molecule has 0 aromatic carbocycles. The van der Waals surface area contributed by atoms with Crippen LogP contribution < -0.4 is 5.32 Å². The van der Waals surface area contributed by atoms with E-state index in [0.717, 1.165) is 0 Å². The Hall–Kier alpha value is -3.12. The summed E-state index contributed by atoms with van der Waals surface area (Å²) in [5.41, 5.74) is 0.121. The molecule has 0 saturated carbocycles. The lowest BCUT2D eigenvalue weighted by atomic mass is 9.93. The molecule has 12 heteroatoms. The molecule has 1 atom stereocenters. The van der Waals surface area contributed by atoms with Crippen LogP contribution in [0.2, 0.25) is 0 Å². The van der Waals surface area contributed by atoms with E-state index in [-0.39, 0.29) is 36.1 Å². The van der Waals surface area contributed by atoms with Crippen LogP contribution in [-0.4, -0.2) is 51.2 Å². The summed E-state index contributed by atoms with van der Waals surface area (Å²) in [5.74, 6) is -1.59. The Bertz CT molecular complexity index is 1170. The summed E-state index contributed by atoms with van der Waals surface area (Å²) < 4.78 is 62.2. The third-order valence-electron chi connectivity index (χ3n) is 5.63. The molecule has 1 amide bonds. The van der Waals surface area contributed by atoms with Crippen molar-refractivity contribution in [3.63, 3.8) is 0 Å². The average Bonchev–Trinajstić information content (AvgIpc) is 3.47. The minimum absolute atomic E-state index is 0.0221. The van der Waals surface area contributed by atoms with E-state index in [1.54, 1.807) is 28.7 Å². The maximum Gasteiger partial charge on any atom is 0.420 e. The Morgan fingerprint density at radius 2 is 2.12 bits per heavy atom. The second-order valence-corrected chi connectivity index (χ2v) is 8.11. The van der Waals surface area contributed by atoms with Gasteiger partial charge in [0, 0.05) is 25.9 Å². The van der Waals surface area contributed by atoms with Gasteiger partial charge in [0.15, 0.2) is 0 Å². The molecule has 1 N–H and O–H groups in total. The second-order valence-electron chi connectivity index (χ2n) is 8.11. The fraction of sp³-hybridized carbons (Fsp3) is 0.476. The first kappa shape index (κ1) is 21.7. The molecule has 0 unspecified atom stereocenters. The zero-order valence-corrected chi connectivity index (χ0v) is 17.8. The normalized spacial score (nSPS) is 18.1. The van der Waals surface area contributed by atoms with Gasteiger partial charge in [0.1, 0.15) is 17.4 Å². The molecule has 1 saturated heterocycles. The van der Waals surface area contributed by atoms with Crippen LogP contribution in [0.1, 0.15) is 33.1 Å². The van der Waals surface area contributed by atoms with Gasteiger partial charge in [-0.25, -0.2) is 4.98 Å². The molecule has 0 spiro atoms. The summed E-state index contributed by atoms with van der Waals surface area (Å²) in [6, 6.07) is 0. The highest BCUT2D eigenvalue weighted by molar-refractivity contribution is 5.96. The summed E-state index contributed by atoms with van der Waals surface area (Å²) >= 11 is 0. The Kier molecular flexibility index (Phi) is 5.49. The van der Waals surface area contributed by atoms with E-state index in [4.69, 9.17) is 13.9 Å². The molecule has 0 radical (unpaired) electrons. The van der Waals surface area contributed by atoms with Crippen LogP contribution in [0.15, 0.2) is 23.1 Å². The molecule has 5 rings (SSSR count). The lowest BCUT2D eigenvalue weighted by Crippen LogP contribution is -2.32. The Morgan fingerprint density at radius 3 is 2.82 bits per heavy atom. The SMILES string of the molecule is Cn1cnc(CNC(=O)c2oc3c(c2C(F)(F)F)-c2nn(C[C@H]4COCCO4)cc2CC3)c1. The molecule has 9 nitrogen and oxygen atoms in total. The van der Waals surface area contributed by atoms with Gasteiger partial charge < -0.3 is 23.8 Å². The number of imidazole rings is 1. The number of fused-ring (bicyclic) bond motifs is 3. The zero-order chi connectivity index (χ0) is 23.2. The second kappa shape index (κ2) is 8.34. The van der Waals surface area contributed by atoms with Crippen molar-refractivity contribution in [2.45, 2.75) is 38.2 Å². The van der Waals surface area contributed by atoms with Crippen molar-refractivity contribution < 1.29 is 31.9 Å². The Morgan fingerprint density at radius 1 is 1.27 bits per heavy atom. The molecule has 1 aliphatic carbocycles. The van der Waals surface area contributed by atoms with Crippen molar-refractivity contribution in [1.82, 2.24) is 24.6 Å². The Balaban J connectivity index is 1.46. The first-order valence-electron chi connectivity index (χ1n) is 10.5. The highest BCUT2D eigenvalue weighted by Crippen LogP contribution is 2.46. The number of carbonyl (C=O) groups excluding carboxylic acids is 1. The number of hydrogen-bond acceptors (Lipinski definition) is 6. The van der Waals surface area contributed by atoms with Gasteiger partial charge in [-0.3, -0.25) is 9.48 Å². The summed E-state index contributed by atoms with van der Waals surface area (Å²) in [7, 11) is 1.75. The number of hydrogen-bond donors (Lipinski definition) is 1. The van der Waals surface area contributed by atoms with Crippen LogP contribution in [-0.2, 0) is 48.6 Å². The standard InChI is InChI=1S/C21H22F3N5O4/c1-28-8-13(26-11-28)6-25-20(30)19-17(21(22,23)24)16-15(33-19)3-2-12-7-29(27-18(12)16)9-14-10-31-4-5-32-14/h7-8,11,14H,2-6,9-10H2,1H3,(H,25,30)/t14-/m0/s1. The number of alkyl halides is 3. The van der Waals surface area contributed by atoms with Crippen molar-refractivity contribution in [1.29, 1.82) is 0 Å². The zero-order valence-electron chi connectivity index (χ0n) is 17.8. The quantitative estimate of drug-likeness (QED) is 0.622. The predicted molar refractivity (Wildman–Crippen MR) is 107 cm³/mol. The maximum atomic E-state index is 14.1. The van der Waals surface area contributed by atoms with E-state index in [1.165, 1.54) is 6.33 Å². The maximum absolute atomic E-state index is 14.1. The topological polar surface area (TPSA) is 96.3 Å². The molecule has 1 aliphatic heterocycles. The monoisotopic (exact) mass is 465 g/mol. The lowest BCUT2D eigenvalue weighted by molar-refractivity contribution is -0.137. The van der Waals surface area contributed by atoms with Crippen LogP contribution in [0, 0.1) is 0 Å². The minimum Gasteiger partial charge on any atom is -0.455 e. The molecular formula is C21H22F3N5O4. The molecule has 33 heavy (non-hydrogen) atoms. The number of ether oxygens (including phenoxy) is 2. The number of carbonyl (C=O) groups is 1. The van der Waals surface area contributed by atoms with Crippen LogP contribution in [0.25, 0.3) is 11.3 Å². The fourth-order valence-electron chi connectivity index (χ4n) is 4.19. The van der Waals surface area contributed by atoms with Crippen LogP contribution >= 0.6 is 0 Å². The van der Waals surface area contributed by atoms with E-state index in [9.17, 15) is 18.0 Å². The summed E-state index contributed by atoms with van der Waals surface area (Å²) in [6.45, 7) is 1.72. The van der Waals surface area contributed by atoms with Crippen LogP contribution in [0.3, 0.4) is 0 Å². The highest BCUT2D eigenvalue weighted by atomic mass is 19.4. The first-order chi connectivity index (χ1) is 15.8. The van der Waals surface area contributed by atoms with E-state index >= 15 is 0 Å². The molecule has 3 aromatic heterocycles.